The van der Waals surface area contributed by atoms with Gasteiger partial charge in [-0.05, 0) is 0 Å². The summed E-state index contributed by atoms with van der Waals surface area (Å²) in [5, 5.41) is 43.2. The average molecular weight is 418 g/mol. The van der Waals surface area contributed by atoms with E-state index in [1.807, 2.05) is 0 Å². The SMILES string of the molecule is O=[N+]([O-])c1cc(OCC#CCOc2cc([N+](=O)[O-])cc([N+](=O)[O-])c2)cc([N+](=O)[O-])c1. The summed E-state index contributed by atoms with van der Waals surface area (Å²) in [5.74, 6) is 4.67. The summed E-state index contributed by atoms with van der Waals surface area (Å²) in [6.07, 6.45) is 0. The second-order valence-electron chi connectivity index (χ2n) is 5.33. The molecule has 0 aliphatic rings. The minimum absolute atomic E-state index is 0.138. The lowest BCUT2D eigenvalue weighted by atomic mass is 10.2. The molecule has 0 N–H and O–H groups in total. The van der Waals surface area contributed by atoms with Crippen LogP contribution in [0, 0.1) is 52.3 Å². The van der Waals surface area contributed by atoms with Gasteiger partial charge in [-0.15, -0.1) is 0 Å². The normalized spacial score (nSPS) is 9.73. The third kappa shape index (κ3) is 5.85. The van der Waals surface area contributed by atoms with Crippen LogP contribution in [0.3, 0.4) is 0 Å². The van der Waals surface area contributed by atoms with E-state index < -0.39 is 42.4 Å². The zero-order valence-corrected chi connectivity index (χ0v) is 14.7. The van der Waals surface area contributed by atoms with Crippen molar-refractivity contribution in [3.05, 3.63) is 76.9 Å². The van der Waals surface area contributed by atoms with Crippen molar-refractivity contribution in [2.75, 3.05) is 13.2 Å². The van der Waals surface area contributed by atoms with Gasteiger partial charge in [-0.2, -0.15) is 0 Å². The van der Waals surface area contributed by atoms with E-state index in [4.69, 9.17) is 9.47 Å². The smallest absolute Gasteiger partial charge is 0.280 e. The molecule has 2 aromatic carbocycles. The minimum Gasteiger partial charge on any atom is -0.480 e. The molecule has 0 atom stereocenters. The van der Waals surface area contributed by atoms with Crippen LogP contribution >= 0.6 is 0 Å². The van der Waals surface area contributed by atoms with Gasteiger partial charge in [0.2, 0.25) is 0 Å². The van der Waals surface area contributed by atoms with Crippen LogP contribution in [0.4, 0.5) is 22.7 Å². The molecule has 14 nitrogen and oxygen atoms in total. The third-order valence-corrected chi connectivity index (χ3v) is 3.34. The second kappa shape index (κ2) is 9.41. The van der Waals surface area contributed by atoms with Gasteiger partial charge in [-0.3, -0.25) is 40.5 Å². The molecule has 0 aliphatic heterocycles. The number of hydrogen-bond acceptors (Lipinski definition) is 10. The molecule has 0 saturated heterocycles. The molecule has 0 aliphatic carbocycles. The Hall–Kier alpha value is -4.80. The van der Waals surface area contributed by atoms with Gasteiger partial charge in [-0.1, -0.05) is 11.8 Å². The first-order valence-corrected chi connectivity index (χ1v) is 7.76. The summed E-state index contributed by atoms with van der Waals surface area (Å²) in [4.78, 5) is 40.0. The molecule has 2 rings (SSSR count). The molecule has 30 heavy (non-hydrogen) atoms. The molecule has 0 saturated carbocycles. The van der Waals surface area contributed by atoms with Gasteiger partial charge in [0.25, 0.3) is 22.7 Å². The topological polar surface area (TPSA) is 191 Å². The first-order chi connectivity index (χ1) is 14.2. The summed E-state index contributed by atoms with van der Waals surface area (Å²) in [6, 6.07) is 5.54. The Morgan fingerprint density at radius 1 is 0.567 bits per heavy atom. The number of nitro benzene ring substituents is 4. The van der Waals surface area contributed by atoms with E-state index in [0.29, 0.717) is 0 Å². The van der Waals surface area contributed by atoms with Crippen LogP contribution in [0.25, 0.3) is 0 Å². The molecule has 2 aromatic rings. The van der Waals surface area contributed by atoms with Crippen LogP contribution in [0.15, 0.2) is 36.4 Å². The van der Waals surface area contributed by atoms with E-state index in [-0.39, 0.29) is 24.7 Å². The average Bonchev–Trinajstić information content (AvgIpc) is 2.69. The summed E-state index contributed by atoms with van der Waals surface area (Å²) >= 11 is 0. The molecule has 0 amide bonds. The van der Waals surface area contributed by atoms with Crippen LogP contribution in [0.2, 0.25) is 0 Å². The molecular weight excluding hydrogens is 408 g/mol. The molecule has 0 fully saturated rings. The fourth-order valence-electron chi connectivity index (χ4n) is 2.07. The van der Waals surface area contributed by atoms with E-state index in [1.165, 1.54) is 0 Å². The van der Waals surface area contributed by atoms with Crippen molar-refractivity contribution in [2.24, 2.45) is 0 Å². The highest BCUT2D eigenvalue weighted by Gasteiger charge is 2.18. The van der Waals surface area contributed by atoms with Gasteiger partial charge in [0, 0.05) is 0 Å². The van der Waals surface area contributed by atoms with Crippen LogP contribution in [-0.2, 0) is 0 Å². The molecule has 154 valence electrons. The summed E-state index contributed by atoms with van der Waals surface area (Å²) in [6.45, 7) is -0.590. The fourth-order valence-corrected chi connectivity index (χ4v) is 2.07. The number of ether oxygens (including phenoxy) is 2. The zero-order chi connectivity index (χ0) is 22.3. The van der Waals surface area contributed by atoms with Crippen molar-refractivity contribution < 1.29 is 29.2 Å². The maximum Gasteiger partial charge on any atom is 0.280 e. The van der Waals surface area contributed by atoms with Gasteiger partial charge in [-0.25, -0.2) is 0 Å². The number of benzene rings is 2. The second-order valence-corrected chi connectivity index (χ2v) is 5.33. The summed E-state index contributed by atoms with van der Waals surface area (Å²) < 4.78 is 10.2. The molecular formula is C16H10N4O10. The van der Waals surface area contributed by atoms with Gasteiger partial charge >= 0.3 is 0 Å². The van der Waals surface area contributed by atoms with E-state index in [9.17, 15) is 40.5 Å². The Morgan fingerprint density at radius 3 is 1.07 bits per heavy atom. The predicted octanol–water partition coefficient (Wildman–Crippen LogP) is 2.78. The Bertz CT molecular complexity index is 941. The van der Waals surface area contributed by atoms with E-state index >= 15 is 0 Å². The lowest BCUT2D eigenvalue weighted by Crippen LogP contribution is -2.00. The van der Waals surface area contributed by atoms with Crippen LogP contribution < -0.4 is 9.47 Å². The predicted molar refractivity (Wildman–Crippen MR) is 98.3 cm³/mol. The zero-order valence-electron chi connectivity index (χ0n) is 14.7. The summed E-state index contributed by atoms with van der Waals surface area (Å²) in [5.41, 5.74) is -2.10. The number of non-ortho nitro benzene ring substituents is 4. The van der Waals surface area contributed by atoms with Crippen molar-refractivity contribution in [2.45, 2.75) is 0 Å². The number of nitro groups is 4. The van der Waals surface area contributed by atoms with Gasteiger partial charge in [0.15, 0.2) is 0 Å². The molecule has 0 aromatic heterocycles. The monoisotopic (exact) mass is 418 g/mol. The molecule has 0 bridgehead atoms. The van der Waals surface area contributed by atoms with E-state index in [0.717, 1.165) is 36.4 Å². The van der Waals surface area contributed by atoms with Gasteiger partial charge < -0.3 is 9.47 Å². The van der Waals surface area contributed by atoms with Crippen molar-refractivity contribution in [1.29, 1.82) is 0 Å². The van der Waals surface area contributed by atoms with Gasteiger partial charge in [0.1, 0.15) is 24.7 Å². The number of hydrogen-bond donors (Lipinski definition) is 0. The minimum atomic E-state index is -0.808. The molecule has 0 heterocycles. The van der Waals surface area contributed by atoms with Crippen LogP contribution in [0.5, 0.6) is 11.5 Å². The van der Waals surface area contributed by atoms with Crippen molar-refractivity contribution in [3.63, 3.8) is 0 Å². The fraction of sp³-hybridized carbons (Fsp3) is 0.125. The number of nitrogens with zero attached hydrogens (tertiary/aromatic N) is 4. The van der Waals surface area contributed by atoms with Crippen LogP contribution in [0.1, 0.15) is 0 Å². The highest BCUT2D eigenvalue weighted by molar-refractivity contribution is 5.50. The molecule has 0 unspecified atom stereocenters. The Balaban J connectivity index is 2.00. The maximum atomic E-state index is 10.8. The van der Waals surface area contributed by atoms with E-state index in [2.05, 4.69) is 11.8 Å². The quantitative estimate of drug-likeness (QED) is 0.350. The Kier molecular flexibility index (Phi) is 6.75. The molecule has 0 spiro atoms. The Morgan fingerprint density at radius 2 is 0.833 bits per heavy atom. The van der Waals surface area contributed by atoms with Crippen molar-refractivity contribution in [3.8, 4) is 23.3 Å². The first kappa shape index (κ1) is 21.5. The van der Waals surface area contributed by atoms with E-state index in [1.54, 1.807) is 0 Å². The van der Waals surface area contributed by atoms with Gasteiger partial charge in [0.05, 0.1) is 56.1 Å². The maximum absolute atomic E-state index is 10.8. The molecule has 0 radical (unpaired) electrons. The standard InChI is InChI=1S/C16H10N4O10/c21-17(22)11-5-12(18(23)24)8-15(7-11)29-3-1-2-4-30-16-9-13(19(25)26)6-14(10-16)20(27)28/h5-10H,3-4H2. The van der Waals surface area contributed by atoms with Crippen molar-refractivity contribution in [1.82, 2.24) is 0 Å². The lowest BCUT2D eigenvalue weighted by molar-refractivity contribution is -0.394. The third-order valence-electron chi connectivity index (χ3n) is 3.34. The highest BCUT2D eigenvalue weighted by Crippen LogP contribution is 2.28. The highest BCUT2D eigenvalue weighted by atomic mass is 16.6. The first-order valence-electron chi connectivity index (χ1n) is 7.76. The van der Waals surface area contributed by atoms with Crippen molar-refractivity contribution >= 4 is 22.7 Å². The Labute approximate surface area is 166 Å². The number of rotatable bonds is 8. The lowest BCUT2D eigenvalue weighted by Gasteiger charge is -2.03. The summed E-state index contributed by atoms with van der Waals surface area (Å²) in [7, 11) is 0. The largest absolute Gasteiger partial charge is 0.480 e. The molecule has 14 heteroatoms. The van der Waals surface area contributed by atoms with Crippen LogP contribution in [-0.4, -0.2) is 32.9 Å².